The quantitative estimate of drug-likeness (QED) is 0.245. The smallest absolute Gasteiger partial charge is 0.0361 e. The molecule has 0 aliphatic heterocycles. The van der Waals surface area contributed by atoms with Crippen molar-refractivity contribution in [3.8, 4) is 22.3 Å². The van der Waals surface area contributed by atoms with Gasteiger partial charge in [-0.2, -0.15) is 0 Å². The number of rotatable bonds is 2. The van der Waals surface area contributed by atoms with Gasteiger partial charge in [0.05, 0.1) is 0 Å². The predicted octanol–water partition coefficient (Wildman–Crippen LogP) is 10.3. The SMILES string of the molecule is Cc1cc(-c2cc(C(C)(C)C)cc(C(C)(C)C)c2)ccc1-c1cccc2sc3ccccc3c12. The molecule has 0 spiro atoms. The zero-order valence-electron chi connectivity index (χ0n) is 21.4. The Hall–Kier alpha value is -2.90. The molecule has 0 saturated carbocycles. The lowest BCUT2D eigenvalue weighted by Gasteiger charge is -2.26. The molecule has 0 nitrogen and oxygen atoms in total. The van der Waals surface area contributed by atoms with Gasteiger partial charge in [-0.3, -0.25) is 0 Å². The lowest BCUT2D eigenvalue weighted by atomic mass is 9.78. The van der Waals surface area contributed by atoms with E-state index in [1.807, 2.05) is 11.3 Å². The summed E-state index contributed by atoms with van der Waals surface area (Å²) in [6.07, 6.45) is 0. The number of thiophene rings is 1. The number of fused-ring (bicyclic) bond motifs is 3. The Kier molecular flexibility index (Phi) is 5.45. The van der Waals surface area contributed by atoms with Gasteiger partial charge in [-0.05, 0) is 68.8 Å². The summed E-state index contributed by atoms with van der Waals surface area (Å²) in [5, 5.41) is 2.73. The molecule has 0 unspecified atom stereocenters. The van der Waals surface area contributed by atoms with E-state index in [2.05, 4.69) is 127 Å². The van der Waals surface area contributed by atoms with Crippen molar-refractivity contribution >= 4 is 31.5 Å². The third-order valence-electron chi connectivity index (χ3n) is 6.92. The van der Waals surface area contributed by atoms with Crippen LogP contribution < -0.4 is 0 Å². The number of benzene rings is 4. The van der Waals surface area contributed by atoms with Crippen LogP contribution in [0.4, 0.5) is 0 Å². The second kappa shape index (κ2) is 8.10. The minimum atomic E-state index is 0.112. The summed E-state index contributed by atoms with van der Waals surface area (Å²) in [5.41, 5.74) is 9.59. The molecule has 0 bridgehead atoms. The monoisotopic (exact) mass is 462 g/mol. The van der Waals surface area contributed by atoms with Crippen molar-refractivity contribution in [2.24, 2.45) is 0 Å². The van der Waals surface area contributed by atoms with E-state index in [1.165, 1.54) is 59.1 Å². The summed E-state index contributed by atoms with van der Waals surface area (Å²) in [7, 11) is 0. The largest absolute Gasteiger partial charge is 0.135 e. The lowest BCUT2D eigenvalue weighted by Crippen LogP contribution is -2.16. The third-order valence-corrected chi connectivity index (χ3v) is 8.05. The molecule has 34 heavy (non-hydrogen) atoms. The fourth-order valence-electron chi connectivity index (χ4n) is 4.80. The molecule has 1 heterocycles. The molecular formula is C33H34S. The van der Waals surface area contributed by atoms with Crippen molar-refractivity contribution in [2.45, 2.75) is 59.3 Å². The number of hydrogen-bond acceptors (Lipinski definition) is 1. The topological polar surface area (TPSA) is 0 Å². The van der Waals surface area contributed by atoms with Crippen LogP contribution in [0.15, 0.2) is 78.9 Å². The molecule has 0 fully saturated rings. The van der Waals surface area contributed by atoms with E-state index in [0.29, 0.717) is 0 Å². The van der Waals surface area contributed by atoms with E-state index in [0.717, 1.165) is 0 Å². The van der Waals surface area contributed by atoms with Gasteiger partial charge in [0.2, 0.25) is 0 Å². The van der Waals surface area contributed by atoms with Crippen LogP contribution in [0.3, 0.4) is 0 Å². The molecule has 172 valence electrons. The average molecular weight is 463 g/mol. The first-order valence-electron chi connectivity index (χ1n) is 12.2. The number of aryl methyl sites for hydroxylation is 1. The van der Waals surface area contributed by atoms with Gasteiger partial charge in [0.15, 0.2) is 0 Å². The van der Waals surface area contributed by atoms with Crippen molar-refractivity contribution in [3.63, 3.8) is 0 Å². The van der Waals surface area contributed by atoms with E-state index >= 15 is 0 Å². The van der Waals surface area contributed by atoms with E-state index in [4.69, 9.17) is 0 Å². The predicted molar refractivity (Wildman–Crippen MR) is 152 cm³/mol. The van der Waals surface area contributed by atoms with E-state index in [-0.39, 0.29) is 10.8 Å². The van der Waals surface area contributed by atoms with Gasteiger partial charge in [0, 0.05) is 20.2 Å². The maximum atomic E-state index is 2.40. The molecule has 5 aromatic rings. The molecule has 0 atom stereocenters. The minimum absolute atomic E-state index is 0.112. The molecule has 0 amide bonds. The highest BCUT2D eigenvalue weighted by molar-refractivity contribution is 7.25. The van der Waals surface area contributed by atoms with Crippen LogP contribution in [0.25, 0.3) is 42.4 Å². The van der Waals surface area contributed by atoms with Crippen LogP contribution >= 0.6 is 11.3 Å². The Morgan fingerprint density at radius 3 is 1.85 bits per heavy atom. The van der Waals surface area contributed by atoms with Gasteiger partial charge in [-0.25, -0.2) is 0 Å². The highest BCUT2D eigenvalue weighted by atomic mass is 32.1. The molecule has 4 aromatic carbocycles. The second-order valence-electron chi connectivity index (χ2n) is 11.6. The van der Waals surface area contributed by atoms with Crippen molar-refractivity contribution < 1.29 is 0 Å². The zero-order valence-corrected chi connectivity index (χ0v) is 22.2. The Bertz CT molecular complexity index is 1480. The fourth-order valence-corrected chi connectivity index (χ4v) is 5.94. The summed E-state index contributed by atoms with van der Waals surface area (Å²) < 4.78 is 2.71. The fraction of sp³-hybridized carbons (Fsp3) is 0.273. The van der Waals surface area contributed by atoms with Gasteiger partial charge in [0.1, 0.15) is 0 Å². The van der Waals surface area contributed by atoms with Gasteiger partial charge in [0.25, 0.3) is 0 Å². The Balaban J connectivity index is 1.67. The molecule has 1 aromatic heterocycles. The first-order valence-corrected chi connectivity index (χ1v) is 13.0. The first kappa shape index (κ1) is 22.9. The normalized spacial score (nSPS) is 12.6. The van der Waals surface area contributed by atoms with E-state index in [9.17, 15) is 0 Å². The highest BCUT2D eigenvalue weighted by Crippen LogP contribution is 2.41. The van der Waals surface area contributed by atoms with Crippen molar-refractivity contribution in [1.82, 2.24) is 0 Å². The minimum Gasteiger partial charge on any atom is -0.135 e. The Labute approximate surface area is 208 Å². The molecule has 0 aliphatic carbocycles. The molecule has 0 saturated heterocycles. The van der Waals surface area contributed by atoms with Crippen molar-refractivity contribution in [1.29, 1.82) is 0 Å². The maximum absolute atomic E-state index is 2.40. The standard InChI is InChI=1S/C33H34S/c1-21-17-22(23-18-24(32(2,3)4)20-25(19-23)33(5,6)7)15-16-26(21)27-12-10-14-30-31(27)28-11-8-9-13-29(28)34-30/h8-20H,1-7H3. The van der Waals surface area contributed by atoms with Crippen molar-refractivity contribution in [2.75, 3.05) is 0 Å². The van der Waals surface area contributed by atoms with E-state index < -0.39 is 0 Å². The van der Waals surface area contributed by atoms with Gasteiger partial charge < -0.3 is 0 Å². The molecule has 0 radical (unpaired) electrons. The molecular weight excluding hydrogens is 428 g/mol. The van der Waals surface area contributed by atoms with Crippen LogP contribution in [0.5, 0.6) is 0 Å². The highest BCUT2D eigenvalue weighted by Gasteiger charge is 2.21. The number of hydrogen-bond donors (Lipinski definition) is 0. The van der Waals surface area contributed by atoms with Crippen LogP contribution in [-0.2, 0) is 10.8 Å². The van der Waals surface area contributed by atoms with Crippen LogP contribution in [0, 0.1) is 6.92 Å². The van der Waals surface area contributed by atoms with Crippen LogP contribution in [0.1, 0.15) is 58.2 Å². The summed E-state index contributed by atoms with van der Waals surface area (Å²) in [5.74, 6) is 0. The van der Waals surface area contributed by atoms with Crippen LogP contribution in [-0.4, -0.2) is 0 Å². The van der Waals surface area contributed by atoms with Gasteiger partial charge in [-0.1, -0.05) is 108 Å². The molecule has 0 aliphatic rings. The Morgan fingerprint density at radius 1 is 0.559 bits per heavy atom. The summed E-state index contributed by atoms with van der Waals surface area (Å²) >= 11 is 1.88. The van der Waals surface area contributed by atoms with Crippen molar-refractivity contribution in [3.05, 3.63) is 95.6 Å². The van der Waals surface area contributed by atoms with Gasteiger partial charge >= 0.3 is 0 Å². The lowest BCUT2D eigenvalue weighted by molar-refractivity contribution is 0.569. The van der Waals surface area contributed by atoms with Gasteiger partial charge in [-0.15, -0.1) is 11.3 Å². The summed E-state index contributed by atoms with van der Waals surface area (Å²) in [4.78, 5) is 0. The summed E-state index contributed by atoms with van der Waals surface area (Å²) in [6, 6.07) is 29.7. The third kappa shape index (κ3) is 4.07. The zero-order chi connectivity index (χ0) is 24.3. The van der Waals surface area contributed by atoms with E-state index in [1.54, 1.807) is 0 Å². The Morgan fingerprint density at radius 2 is 1.21 bits per heavy atom. The second-order valence-corrected chi connectivity index (χ2v) is 12.7. The summed E-state index contributed by atoms with van der Waals surface area (Å²) in [6.45, 7) is 16.1. The molecule has 0 N–H and O–H groups in total. The molecule has 1 heteroatoms. The molecule has 5 rings (SSSR count). The average Bonchev–Trinajstić information content (AvgIpc) is 3.16. The van der Waals surface area contributed by atoms with Crippen LogP contribution in [0.2, 0.25) is 0 Å². The first-order chi connectivity index (χ1) is 16.0. The maximum Gasteiger partial charge on any atom is 0.0361 e.